The lowest BCUT2D eigenvalue weighted by Crippen LogP contribution is -2.30. The van der Waals surface area contributed by atoms with Crippen molar-refractivity contribution in [3.63, 3.8) is 0 Å². The van der Waals surface area contributed by atoms with Crippen molar-refractivity contribution in [1.29, 1.82) is 0 Å². The molecule has 1 aliphatic heterocycles. The molecule has 3 heteroatoms. The standard InChI is InChI=1S/C9H20N2O/c1-9(12)3-7-11-6-2-4-10-5-8-11/h9-10,12H,2-8H2,1H3. The summed E-state index contributed by atoms with van der Waals surface area (Å²) in [6, 6.07) is 0. The van der Waals surface area contributed by atoms with Crippen molar-refractivity contribution < 1.29 is 5.11 Å². The Morgan fingerprint density at radius 2 is 2.25 bits per heavy atom. The maximum Gasteiger partial charge on any atom is 0.0524 e. The molecule has 1 unspecified atom stereocenters. The third-order valence-corrected chi connectivity index (χ3v) is 2.30. The number of aliphatic hydroxyl groups is 1. The van der Waals surface area contributed by atoms with Crippen molar-refractivity contribution in [2.75, 3.05) is 32.7 Å². The van der Waals surface area contributed by atoms with Gasteiger partial charge >= 0.3 is 0 Å². The number of hydrogen-bond donors (Lipinski definition) is 2. The lowest BCUT2D eigenvalue weighted by atomic mass is 10.2. The van der Waals surface area contributed by atoms with E-state index in [-0.39, 0.29) is 6.10 Å². The van der Waals surface area contributed by atoms with E-state index in [9.17, 15) is 0 Å². The van der Waals surface area contributed by atoms with Crippen molar-refractivity contribution >= 4 is 0 Å². The van der Waals surface area contributed by atoms with Crippen LogP contribution in [0.4, 0.5) is 0 Å². The second-order valence-corrected chi connectivity index (χ2v) is 3.58. The van der Waals surface area contributed by atoms with Gasteiger partial charge < -0.3 is 15.3 Å². The van der Waals surface area contributed by atoms with Gasteiger partial charge in [0.1, 0.15) is 0 Å². The Hall–Kier alpha value is -0.120. The molecule has 12 heavy (non-hydrogen) atoms. The van der Waals surface area contributed by atoms with E-state index in [1.54, 1.807) is 0 Å². The molecule has 0 spiro atoms. The highest BCUT2D eigenvalue weighted by Crippen LogP contribution is 1.98. The number of nitrogens with zero attached hydrogens (tertiary/aromatic N) is 1. The Balaban J connectivity index is 2.12. The molecule has 3 nitrogen and oxygen atoms in total. The summed E-state index contributed by atoms with van der Waals surface area (Å²) in [7, 11) is 0. The van der Waals surface area contributed by atoms with Crippen LogP contribution in [0.1, 0.15) is 19.8 Å². The molecule has 1 atom stereocenters. The van der Waals surface area contributed by atoms with Crippen LogP contribution in [-0.4, -0.2) is 48.8 Å². The van der Waals surface area contributed by atoms with Crippen LogP contribution < -0.4 is 5.32 Å². The molecular formula is C9H20N2O. The molecule has 1 saturated heterocycles. The van der Waals surface area contributed by atoms with Gasteiger partial charge in [0.2, 0.25) is 0 Å². The van der Waals surface area contributed by atoms with E-state index in [1.807, 2.05) is 6.92 Å². The summed E-state index contributed by atoms with van der Waals surface area (Å²) in [5.74, 6) is 0. The summed E-state index contributed by atoms with van der Waals surface area (Å²) in [6.45, 7) is 7.45. The Morgan fingerprint density at radius 1 is 1.42 bits per heavy atom. The Bertz CT molecular complexity index is 109. The maximum absolute atomic E-state index is 9.11. The van der Waals surface area contributed by atoms with Crippen LogP contribution in [0.3, 0.4) is 0 Å². The summed E-state index contributed by atoms with van der Waals surface area (Å²) in [4.78, 5) is 2.42. The average Bonchev–Trinajstić information content (AvgIpc) is 2.28. The van der Waals surface area contributed by atoms with Crippen molar-refractivity contribution in [3.8, 4) is 0 Å². The quantitative estimate of drug-likeness (QED) is 0.631. The van der Waals surface area contributed by atoms with E-state index >= 15 is 0 Å². The largest absolute Gasteiger partial charge is 0.393 e. The van der Waals surface area contributed by atoms with Gasteiger partial charge in [-0.3, -0.25) is 0 Å². The van der Waals surface area contributed by atoms with Crippen LogP contribution in [-0.2, 0) is 0 Å². The highest BCUT2D eigenvalue weighted by Gasteiger charge is 2.08. The second kappa shape index (κ2) is 5.51. The monoisotopic (exact) mass is 172 g/mol. The molecule has 0 saturated carbocycles. The van der Waals surface area contributed by atoms with E-state index in [4.69, 9.17) is 5.11 Å². The number of rotatable bonds is 3. The van der Waals surface area contributed by atoms with Crippen molar-refractivity contribution in [1.82, 2.24) is 10.2 Å². The summed E-state index contributed by atoms with van der Waals surface area (Å²) in [6.07, 6.45) is 1.99. The smallest absolute Gasteiger partial charge is 0.0524 e. The van der Waals surface area contributed by atoms with E-state index < -0.39 is 0 Å². The second-order valence-electron chi connectivity index (χ2n) is 3.58. The van der Waals surface area contributed by atoms with E-state index in [2.05, 4.69) is 10.2 Å². The SMILES string of the molecule is CC(O)CCN1CCCNCC1. The Labute approximate surface area is 74.8 Å². The molecule has 1 fully saturated rings. The molecule has 72 valence electrons. The van der Waals surface area contributed by atoms with Gasteiger partial charge in [-0.1, -0.05) is 0 Å². The predicted molar refractivity (Wildman–Crippen MR) is 50.2 cm³/mol. The first-order chi connectivity index (χ1) is 5.79. The summed E-state index contributed by atoms with van der Waals surface area (Å²) < 4.78 is 0. The fraction of sp³-hybridized carbons (Fsp3) is 1.00. The molecule has 0 bridgehead atoms. The molecule has 0 aromatic carbocycles. The Morgan fingerprint density at radius 3 is 3.00 bits per heavy atom. The zero-order chi connectivity index (χ0) is 8.81. The molecule has 1 heterocycles. The molecular weight excluding hydrogens is 152 g/mol. The van der Waals surface area contributed by atoms with Crippen LogP contribution >= 0.6 is 0 Å². The van der Waals surface area contributed by atoms with Gasteiger partial charge in [-0.05, 0) is 32.9 Å². The van der Waals surface area contributed by atoms with Crippen LogP contribution in [0.25, 0.3) is 0 Å². The van der Waals surface area contributed by atoms with E-state index in [1.165, 1.54) is 13.0 Å². The lowest BCUT2D eigenvalue weighted by molar-refractivity contribution is 0.158. The van der Waals surface area contributed by atoms with Crippen molar-refractivity contribution in [2.24, 2.45) is 0 Å². The molecule has 0 aromatic heterocycles. The summed E-state index contributed by atoms with van der Waals surface area (Å²) in [5, 5.41) is 12.5. The third-order valence-electron chi connectivity index (χ3n) is 2.30. The van der Waals surface area contributed by atoms with Gasteiger partial charge in [-0.25, -0.2) is 0 Å². The van der Waals surface area contributed by atoms with Gasteiger partial charge in [0.15, 0.2) is 0 Å². The Kier molecular flexibility index (Phi) is 4.58. The molecule has 0 aromatic rings. The first kappa shape index (κ1) is 9.96. The van der Waals surface area contributed by atoms with Gasteiger partial charge in [0, 0.05) is 19.6 Å². The van der Waals surface area contributed by atoms with Gasteiger partial charge in [0.25, 0.3) is 0 Å². The van der Waals surface area contributed by atoms with Crippen molar-refractivity contribution in [3.05, 3.63) is 0 Å². The van der Waals surface area contributed by atoms with Crippen LogP contribution in [0.2, 0.25) is 0 Å². The predicted octanol–water partition coefficient (Wildman–Crippen LogP) is 0.0526. The fourth-order valence-corrected chi connectivity index (χ4v) is 1.49. The van der Waals surface area contributed by atoms with Crippen LogP contribution in [0, 0.1) is 0 Å². The molecule has 1 aliphatic rings. The van der Waals surface area contributed by atoms with E-state index in [0.29, 0.717) is 0 Å². The highest BCUT2D eigenvalue weighted by molar-refractivity contribution is 4.66. The topological polar surface area (TPSA) is 35.5 Å². The maximum atomic E-state index is 9.11. The number of aliphatic hydroxyl groups excluding tert-OH is 1. The first-order valence-electron chi connectivity index (χ1n) is 4.90. The zero-order valence-electron chi connectivity index (χ0n) is 7.92. The number of hydrogen-bond acceptors (Lipinski definition) is 3. The lowest BCUT2D eigenvalue weighted by Gasteiger charge is -2.19. The van der Waals surface area contributed by atoms with Crippen LogP contribution in [0.15, 0.2) is 0 Å². The zero-order valence-corrected chi connectivity index (χ0v) is 7.92. The summed E-state index contributed by atoms with van der Waals surface area (Å²) in [5.41, 5.74) is 0. The minimum atomic E-state index is -0.152. The minimum absolute atomic E-state index is 0.152. The molecule has 0 radical (unpaired) electrons. The third kappa shape index (κ3) is 4.04. The molecule has 0 amide bonds. The highest BCUT2D eigenvalue weighted by atomic mass is 16.3. The molecule has 2 N–H and O–H groups in total. The van der Waals surface area contributed by atoms with Gasteiger partial charge in [0.05, 0.1) is 6.10 Å². The van der Waals surface area contributed by atoms with Gasteiger partial charge in [-0.15, -0.1) is 0 Å². The number of nitrogens with one attached hydrogen (secondary N) is 1. The minimum Gasteiger partial charge on any atom is -0.393 e. The average molecular weight is 172 g/mol. The van der Waals surface area contributed by atoms with Gasteiger partial charge in [-0.2, -0.15) is 0 Å². The fourth-order valence-electron chi connectivity index (χ4n) is 1.49. The van der Waals surface area contributed by atoms with E-state index in [0.717, 1.165) is 32.6 Å². The van der Waals surface area contributed by atoms with Crippen LogP contribution in [0.5, 0.6) is 0 Å². The summed E-state index contributed by atoms with van der Waals surface area (Å²) >= 11 is 0. The normalized spacial score (nSPS) is 23.5. The first-order valence-corrected chi connectivity index (χ1v) is 4.90. The molecule has 0 aliphatic carbocycles. The van der Waals surface area contributed by atoms with Crippen molar-refractivity contribution in [2.45, 2.75) is 25.9 Å². The molecule has 1 rings (SSSR count).